The van der Waals surface area contributed by atoms with Gasteiger partial charge in [-0.25, -0.2) is 4.68 Å². The number of anilines is 1. The van der Waals surface area contributed by atoms with E-state index < -0.39 is 0 Å². The molecule has 0 atom stereocenters. The standard InChI is InChI=1S/C18H20BrN5O2/c1-12-6-4-5-7-14(12)11-26-17-15(19)8-13(9-16(17)25-3)10-20-18-21-22-23-24(18)2/h4-9H,10-11H2,1-3H3,(H,20,21,23). The van der Waals surface area contributed by atoms with E-state index in [1.807, 2.05) is 24.3 Å². The molecule has 26 heavy (non-hydrogen) atoms. The minimum absolute atomic E-state index is 0.476. The SMILES string of the molecule is COc1cc(CNc2nnnn2C)cc(Br)c1OCc1ccccc1C. The molecule has 2 aromatic carbocycles. The molecule has 136 valence electrons. The first-order valence-corrected chi connectivity index (χ1v) is 8.87. The van der Waals surface area contributed by atoms with Crippen LogP contribution in [0.25, 0.3) is 0 Å². The fourth-order valence-corrected chi connectivity index (χ4v) is 3.10. The number of ether oxygens (including phenoxy) is 2. The van der Waals surface area contributed by atoms with Crippen LogP contribution >= 0.6 is 15.9 Å². The van der Waals surface area contributed by atoms with E-state index in [-0.39, 0.29) is 0 Å². The highest BCUT2D eigenvalue weighted by molar-refractivity contribution is 9.10. The summed E-state index contributed by atoms with van der Waals surface area (Å²) in [6.07, 6.45) is 0. The van der Waals surface area contributed by atoms with Gasteiger partial charge in [-0.15, -0.1) is 0 Å². The van der Waals surface area contributed by atoms with Crippen LogP contribution in [0.3, 0.4) is 0 Å². The quantitative estimate of drug-likeness (QED) is 0.634. The number of tetrazole rings is 1. The van der Waals surface area contributed by atoms with Crippen molar-refractivity contribution in [3.8, 4) is 11.5 Å². The largest absolute Gasteiger partial charge is 0.493 e. The van der Waals surface area contributed by atoms with Crippen LogP contribution in [0, 0.1) is 6.92 Å². The molecule has 0 unspecified atom stereocenters. The second-order valence-electron chi connectivity index (χ2n) is 5.80. The number of hydrogen-bond acceptors (Lipinski definition) is 6. The Bertz CT molecular complexity index is 897. The van der Waals surface area contributed by atoms with Crippen LogP contribution in [0.1, 0.15) is 16.7 Å². The highest BCUT2D eigenvalue weighted by atomic mass is 79.9. The fourth-order valence-electron chi connectivity index (χ4n) is 2.50. The van der Waals surface area contributed by atoms with Crippen molar-refractivity contribution in [3.63, 3.8) is 0 Å². The molecule has 0 aliphatic heterocycles. The zero-order valence-corrected chi connectivity index (χ0v) is 16.4. The van der Waals surface area contributed by atoms with Gasteiger partial charge in [0, 0.05) is 13.6 Å². The Balaban J connectivity index is 1.74. The first-order valence-electron chi connectivity index (χ1n) is 8.08. The minimum atomic E-state index is 0.476. The van der Waals surface area contributed by atoms with Crippen molar-refractivity contribution in [1.29, 1.82) is 0 Å². The summed E-state index contributed by atoms with van der Waals surface area (Å²) >= 11 is 3.59. The molecule has 3 rings (SSSR count). The van der Waals surface area contributed by atoms with Crippen LogP contribution in [0.4, 0.5) is 5.95 Å². The maximum absolute atomic E-state index is 6.02. The Morgan fingerprint density at radius 3 is 2.73 bits per heavy atom. The molecule has 1 heterocycles. The first-order chi connectivity index (χ1) is 12.6. The summed E-state index contributed by atoms with van der Waals surface area (Å²) in [4.78, 5) is 0. The average Bonchev–Trinajstić information content (AvgIpc) is 3.04. The third kappa shape index (κ3) is 4.13. The number of hydrogen-bond donors (Lipinski definition) is 1. The molecule has 0 spiro atoms. The Labute approximate surface area is 160 Å². The number of nitrogens with zero attached hydrogens (tertiary/aromatic N) is 4. The minimum Gasteiger partial charge on any atom is -0.493 e. The summed E-state index contributed by atoms with van der Waals surface area (Å²) < 4.78 is 13.9. The van der Waals surface area contributed by atoms with Gasteiger partial charge in [0.25, 0.3) is 0 Å². The van der Waals surface area contributed by atoms with Gasteiger partial charge in [0.2, 0.25) is 5.95 Å². The smallest absolute Gasteiger partial charge is 0.242 e. The molecule has 0 radical (unpaired) electrons. The lowest BCUT2D eigenvalue weighted by molar-refractivity contribution is 0.282. The highest BCUT2D eigenvalue weighted by Gasteiger charge is 2.13. The summed E-state index contributed by atoms with van der Waals surface area (Å²) in [5.74, 6) is 1.95. The number of aromatic nitrogens is 4. The molecule has 1 aromatic heterocycles. The third-order valence-corrected chi connectivity index (χ3v) is 4.58. The van der Waals surface area contributed by atoms with Crippen LogP contribution in [0.5, 0.6) is 11.5 Å². The Morgan fingerprint density at radius 2 is 2.04 bits per heavy atom. The van der Waals surface area contributed by atoms with Gasteiger partial charge in [-0.05, 0) is 62.1 Å². The van der Waals surface area contributed by atoms with Gasteiger partial charge in [0.1, 0.15) is 6.61 Å². The lowest BCUT2D eigenvalue weighted by Crippen LogP contribution is -2.06. The second-order valence-corrected chi connectivity index (χ2v) is 6.66. The van der Waals surface area contributed by atoms with Gasteiger partial charge >= 0.3 is 0 Å². The molecule has 7 nitrogen and oxygen atoms in total. The summed E-state index contributed by atoms with van der Waals surface area (Å²) in [7, 11) is 3.41. The van der Waals surface area contributed by atoms with Crippen molar-refractivity contribution in [3.05, 3.63) is 57.6 Å². The molecule has 8 heteroatoms. The van der Waals surface area contributed by atoms with E-state index in [4.69, 9.17) is 9.47 Å². The first kappa shape index (κ1) is 18.2. The van der Waals surface area contributed by atoms with Crippen LogP contribution in [0.15, 0.2) is 40.9 Å². The molecule has 0 fully saturated rings. The van der Waals surface area contributed by atoms with Gasteiger partial charge < -0.3 is 14.8 Å². The Kier molecular flexibility index (Phi) is 5.72. The van der Waals surface area contributed by atoms with Crippen molar-refractivity contribution in [2.45, 2.75) is 20.1 Å². The van der Waals surface area contributed by atoms with Crippen LogP contribution in [-0.4, -0.2) is 27.3 Å². The van der Waals surface area contributed by atoms with Gasteiger partial charge in [-0.1, -0.05) is 29.4 Å². The van der Waals surface area contributed by atoms with E-state index in [0.717, 1.165) is 15.6 Å². The van der Waals surface area contributed by atoms with Crippen LogP contribution in [0.2, 0.25) is 0 Å². The highest BCUT2D eigenvalue weighted by Crippen LogP contribution is 2.37. The maximum atomic E-state index is 6.02. The third-order valence-electron chi connectivity index (χ3n) is 3.99. The van der Waals surface area contributed by atoms with E-state index in [1.165, 1.54) is 5.56 Å². The van der Waals surface area contributed by atoms with Gasteiger partial charge in [-0.3, -0.25) is 0 Å². The summed E-state index contributed by atoms with van der Waals surface area (Å²) in [6.45, 7) is 3.10. The van der Waals surface area contributed by atoms with Gasteiger partial charge in [0.15, 0.2) is 11.5 Å². The number of methoxy groups -OCH3 is 1. The lowest BCUT2D eigenvalue weighted by Gasteiger charge is -2.15. The number of halogens is 1. The van der Waals surface area contributed by atoms with Crippen molar-refractivity contribution in [1.82, 2.24) is 20.2 Å². The van der Waals surface area contributed by atoms with E-state index in [9.17, 15) is 0 Å². The van der Waals surface area contributed by atoms with E-state index in [1.54, 1.807) is 18.8 Å². The van der Waals surface area contributed by atoms with Crippen molar-refractivity contribution < 1.29 is 9.47 Å². The normalized spacial score (nSPS) is 10.6. The topological polar surface area (TPSA) is 74.1 Å². The Morgan fingerprint density at radius 1 is 1.23 bits per heavy atom. The summed E-state index contributed by atoms with van der Waals surface area (Å²) in [6, 6.07) is 12.1. The number of rotatable bonds is 7. The van der Waals surface area contributed by atoms with Crippen molar-refractivity contribution >= 4 is 21.9 Å². The van der Waals surface area contributed by atoms with E-state index >= 15 is 0 Å². The molecular weight excluding hydrogens is 398 g/mol. The molecule has 0 aliphatic carbocycles. The summed E-state index contributed by atoms with van der Waals surface area (Å²) in [5, 5.41) is 14.5. The molecule has 0 aliphatic rings. The van der Waals surface area contributed by atoms with Gasteiger partial charge in [0.05, 0.1) is 11.6 Å². The summed E-state index contributed by atoms with van der Waals surface area (Å²) in [5.41, 5.74) is 3.35. The number of benzene rings is 2. The number of aryl methyl sites for hydroxylation is 2. The monoisotopic (exact) mass is 417 g/mol. The predicted octanol–water partition coefficient (Wildman–Crippen LogP) is 3.48. The molecule has 0 bridgehead atoms. The molecule has 0 saturated heterocycles. The molecule has 3 aromatic rings. The van der Waals surface area contributed by atoms with Crippen LogP contribution in [-0.2, 0) is 20.2 Å². The second kappa shape index (κ2) is 8.18. The van der Waals surface area contributed by atoms with E-state index in [0.29, 0.717) is 30.6 Å². The van der Waals surface area contributed by atoms with Gasteiger partial charge in [-0.2, -0.15) is 0 Å². The van der Waals surface area contributed by atoms with E-state index in [2.05, 4.69) is 55.8 Å². The van der Waals surface area contributed by atoms with Crippen molar-refractivity contribution in [2.75, 3.05) is 12.4 Å². The average molecular weight is 418 g/mol. The van der Waals surface area contributed by atoms with Crippen molar-refractivity contribution in [2.24, 2.45) is 7.05 Å². The maximum Gasteiger partial charge on any atom is 0.242 e. The zero-order chi connectivity index (χ0) is 18.5. The molecule has 1 N–H and O–H groups in total. The Hall–Kier alpha value is -2.61. The molecular formula is C18H20BrN5O2. The molecule has 0 saturated carbocycles. The number of nitrogens with one attached hydrogen (secondary N) is 1. The zero-order valence-electron chi connectivity index (χ0n) is 14.9. The molecule has 0 amide bonds. The fraction of sp³-hybridized carbons (Fsp3) is 0.278. The lowest BCUT2D eigenvalue weighted by atomic mass is 10.1. The predicted molar refractivity (Wildman–Crippen MR) is 102 cm³/mol. The van der Waals surface area contributed by atoms with Crippen LogP contribution < -0.4 is 14.8 Å².